The molecule has 0 aliphatic rings. The van der Waals surface area contributed by atoms with Crippen molar-refractivity contribution in [2.45, 2.75) is 6.42 Å². The van der Waals surface area contributed by atoms with Gasteiger partial charge in [-0.1, -0.05) is 48.5 Å². The number of nitrogens with one attached hydrogen (secondary N) is 1. The van der Waals surface area contributed by atoms with Gasteiger partial charge in [-0.15, -0.1) is 0 Å². The van der Waals surface area contributed by atoms with Gasteiger partial charge in [0.25, 0.3) is 0 Å². The summed E-state index contributed by atoms with van der Waals surface area (Å²) >= 11 is 0. The SMILES string of the molecule is O=C(Cc1ccc(F)cc1)Nc1cccc2ccccc12. The molecule has 104 valence electrons. The Hall–Kier alpha value is -2.68. The third-order valence-corrected chi connectivity index (χ3v) is 3.34. The van der Waals surface area contributed by atoms with Crippen LogP contribution in [-0.4, -0.2) is 5.91 Å². The van der Waals surface area contributed by atoms with Crippen LogP contribution < -0.4 is 5.32 Å². The van der Waals surface area contributed by atoms with Gasteiger partial charge in [0.15, 0.2) is 0 Å². The number of rotatable bonds is 3. The maximum absolute atomic E-state index is 12.8. The molecule has 0 saturated carbocycles. The molecule has 3 heteroatoms. The molecular formula is C18H14FNO. The number of carbonyl (C=O) groups is 1. The van der Waals surface area contributed by atoms with Gasteiger partial charge in [-0.25, -0.2) is 4.39 Å². The molecule has 3 aromatic carbocycles. The first-order valence-corrected chi connectivity index (χ1v) is 6.74. The fraction of sp³-hybridized carbons (Fsp3) is 0.0556. The summed E-state index contributed by atoms with van der Waals surface area (Å²) in [6, 6.07) is 19.7. The maximum Gasteiger partial charge on any atom is 0.228 e. The van der Waals surface area contributed by atoms with E-state index in [1.165, 1.54) is 12.1 Å². The predicted octanol–water partition coefficient (Wildman–Crippen LogP) is 4.16. The van der Waals surface area contributed by atoms with Crippen molar-refractivity contribution in [2.24, 2.45) is 0 Å². The van der Waals surface area contributed by atoms with Crippen molar-refractivity contribution in [3.8, 4) is 0 Å². The minimum atomic E-state index is -0.298. The summed E-state index contributed by atoms with van der Waals surface area (Å²) in [7, 11) is 0. The zero-order chi connectivity index (χ0) is 14.7. The maximum atomic E-state index is 12.8. The number of amides is 1. The van der Waals surface area contributed by atoms with Crippen molar-refractivity contribution in [1.29, 1.82) is 0 Å². The predicted molar refractivity (Wildman–Crippen MR) is 82.7 cm³/mol. The molecule has 0 bridgehead atoms. The van der Waals surface area contributed by atoms with Crippen LogP contribution >= 0.6 is 0 Å². The molecule has 0 aliphatic carbocycles. The van der Waals surface area contributed by atoms with Crippen molar-refractivity contribution in [3.05, 3.63) is 78.1 Å². The zero-order valence-electron chi connectivity index (χ0n) is 11.3. The Kier molecular flexibility index (Phi) is 3.65. The van der Waals surface area contributed by atoms with E-state index in [2.05, 4.69) is 5.32 Å². The van der Waals surface area contributed by atoms with Crippen LogP contribution in [0.1, 0.15) is 5.56 Å². The van der Waals surface area contributed by atoms with E-state index in [4.69, 9.17) is 0 Å². The fourth-order valence-corrected chi connectivity index (χ4v) is 2.32. The molecule has 0 saturated heterocycles. The molecule has 0 spiro atoms. The number of halogens is 1. The lowest BCUT2D eigenvalue weighted by atomic mass is 10.1. The Morgan fingerprint density at radius 1 is 0.905 bits per heavy atom. The summed E-state index contributed by atoms with van der Waals surface area (Å²) in [4.78, 5) is 12.1. The van der Waals surface area contributed by atoms with Crippen molar-refractivity contribution >= 4 is 22.4 Å². The monoisotopic (exact) mass is 279 g/mol. The van der Waals surface area contributed by atoms with Crippen molar-refractivity contribution in [1.82, 2.24) is 0 Å². The first-order valence-electron chi connectivity index (χ1n) is 6.74. The molecule has 3 rings (SSSR count). The summed E-state index contributed by atoms with van der Waals surface area (Å²) in [6.07, 6.45) is 0.226. The Labute approximate surface area is 122 Å². The average molecular weight is 279 g/mol. The third kappa shape index (κ3) is 3.08. The van der Waals surface area contributed by atoms with Crippen LogP contribution in [0.4, 0.5) is 10.1 Å². The van der Waals surface area contributed by atoms with Crippen molar-refractivity contribution < 1.29 is 9.18 Å². The summed E-state index contributed by atoms with van der Waals surface area (Å²) in [5.41, 5.74) is 1.58. The van der Waals surface area contributed by atoms with E-state index in [0.717, 1.165) is 22.0 Å². The summed E-state index contributed by atoms with van der Waals surface area (Å²) in [5.74, 6) is -0.411. The minimum Gasteiger partial charge on any atom is -0.325 e. The van der Waals surface area contributed by atoms with Gasteiger partial charge >= 0.3 is 0 Å². The van der Waals surface area contributed by atoms with Crippen LogP contribution in [-0.2, 0) is 11.2 Å². The van der Waals surface area contributed by atoms with E-state index in [-0.39, 0.29) is 18.1 Å². The number of benzene rings is 3. The van der Waals surface area contributed by atoms with Crippen LogP contribution in [0.25, 0.3) is 10.8 Å². The van der Waals surface area contributed by atoms with Gasteiger partial charge in [0.05, 0.1) is 6.42 Å². The molecule has 0 aliphatic heterocycles. The lowest BCUT2D eigenvalue weighted by Crippen LogP contribution is -2.14. The van der Waals surface area contributed by atoms with Crippen LogP contribution in [0.2, 0.25) is 0 Å². The van der Waals surface area contributed by atoms with Gasteiger partial charge in [-0.3, -0.25) is 4.79 Å². The van der Waals surface area contributed by atoms with Crippen LogP contribution in [0.5, 0.6) is 0 Å². The molecule has 0 atom stereocenters. The van der Waals surface area contributed by atoms with Crippen molar-refractivity contribution in [2.75, 3.05) is 5.32 Å². The van der Waals surface area contributed by atoms with Crippen LogP contribution in [0.3, 0.4) is 0 Å². The van der Waals surface area contributed by atoms with Gasteiger partial charge in [-0.2, -0.15) is 0 Å². The second kappa shape index (κ2) is 5.75. The third-order valence-electron chi connectivity index (χ3n) is 3.34. The van der Waals surface area contributed by atoms with Crippen molar-refractivity contribution in [3.63, 3.8) is 0 Å². The normalized spacial score (nSPS) is 10.5. The molecule has 1 amide bonds. The smallest absolute Gasteiger partial charge is 0.228 e. The second-order valence-corrected chi connectivity index (χ2v) is 4.88. The molecule has 0 fully saturated rings. The number of anilines is 1. The van der Waals surface area contributed by atoms with Gasteiger partial charge in [0.2, 0.25) is 5.91 Å². The van der Waals surface area contributed by atoms with E-state index in [1.807, 2.05) is 42.5 Å². The molecule has 0 aromatic heterocycles. The Balaban J connectivity index is 1.79. The summed E-state index contributed by atoms with van der Waals surface area (Å²) < 4.78 is 12.8. The molecule has 0 radical (unpaired) electrons. The summed E-state index contributed by atoms with van der Waals surface area (Å²) in [5, 5.41) is 5.00. The summed E-state index contributed by atoms with van der Waals surface area (Å²) in [6.45, 7) is 0. The lowest BCUT2D eigenvalue weighted by Gasteiger charge is -2.08. The average Bonchev–Trinajstić information content (AvgIpc) is 2.50. The quantitative estimate of drug-likeness (QED) is 0.766. The molecule has 3 aromatic rings. The molecule has 0 unspecified atom stereocenters. The van der Waals surface area contributed by atoms with Gasteiger partial charge in [-0.05, 0) is 29.1 Å². The fourth-order valence-electron chi connectivity index (χ4n) is 2.32. The molecule has 2 nitrogen and oxygen atoms in total. The van der Waals surface area contributed by atoms with Gasteiger partial charge in [0.1, 0.15) is 5.82 Å². The highest BCUT2D eigenvalue weighted by Gasteiger charge is 2.06. The Morgan fingerprint density at radius 2 is 1.62 bits per heavy atom. The first kappa shape index (κ1) is 13.3. The van der Waals surface area contributed by atoms with Gasteiger partial charge in [0, 0.05) is 11.1 Å². The Morgan fingerprint density at radius 3 is 2.43 bits per heavy atom. The standard InChI is InChI=1S/C18H14FNO/c19-15-10-8-13(9-11-15)12-18(21)20-17-7-3-5-14-4-1-2-6-16(14)17/h1-11H,12H2,(H,20,21). The molecule has 0 heterocycles. The zero-order valence-corrected chi connectivity index (χ0v) is 11.3. The van der Waals surface area contributed by atoms with E-state index >= 15 is 0 Å². The van der Waals surface area contributed by atoms with E-state index < -0.39 is 0 Å². The second-order valence-electron chi connectivity index (χ2n) is 4.88. The molecule has 21 heavy (non-hydrogen) atoms. The number of carbonyl (C=O) groups excluding carboxylic acids is 1. The number of fused-ring (bicyclic) bond motifs is 1. The van der Waals surface area contributed by atoms with Gasteiger partial charge < -0.3 is 5.32 Å². The first-order chi connectivity index (χ1) is 10.2. The number of hydrogen-bond acceptors (Lipinski definition) is 1. The van der Waals surface area contributed by atoms with Crippen LogP contribution in [0.15, 0.2) is 66.7 Å². The molecular weight excluding hydrogens is 265 g/mol. The van der Waals surface area contributed by atoms with E-state index in [1.54, 1.807) is 12.1 Å². The van der Waals surface area contributed by atoms with Crippen LogP contribution in [0, 0.1) is 5.82 Å². The minimum absolute atomic E-state index is 0.113. The van der Waals surface area contributed by atoms with E-state index in [0.29, 0.717) is 0 Å². The Bertz CT molecular complexity index is 775. The highest BCUT2D eigenvalue weighted by Crippen LogP contribution is 2.23. The van der Waals surface area contributed by atoms with E-state index in [9.17, 15) is 9.18 Å². The topological polar surface area (TPSA) is 29.1 Å². The highest BCUT2D eigenvalue weighted by atomic mass is 19.1. The lowest BCUT2D eigenvalue weighted by molar-refractivity contribution is -0.115. The molecule has 1 N–H and O–H groups in total. The largest absolute Gasteiger partial charge is 0.325 e. The highest BCUT2D eigenvalue weighted by molar-refractivity contribution is 6.02. The number of hydrogen-bond donors (Lipinski definition) is 1.